The van der Waals surface area contributed by atoms with E-state index in [4.69, 9.17) is 9.47 Å². The van der Waals surface area contributed by atoms with Crippen molar-refractivity contribution in [3.8, 4) is 17.4 Å². The van der Waals surface area contributed by atoms with E-state index in [0.29, 0.717) is 17.1 Å². The molecule has 1 unspecified atom stereocenters. The van der Waals surface area contributed by atoms with Crippen LogP contribution in [0.3, 0.4) is 0 Å². The van der Waals surface area contributed by atoms with Crippen LogP contribution in [0.4, 0.5) is 4.39 Å². The van der Waals surface area contributed by atoms with Gasteiger partial charge in [-0.2, -0.15) is 4.31 Å². The molecule has 34 heavy (non-hydrogen) atoms. The van der Waals surface area contributed by atoms with E-state index < -0.39 is 27.8 Å². The number of hydrogen-bond donors (Lipinski definition) is 2. The number of halogens is 1. The zero-order chi connectivity index (χ0) is 24.5. The number of carbonyl (C=O) groups is 1. The molecule has 1 aliphatic heterocycles. The average molecular weight is 488 g/mol. The first-order valence-electron chi connectivity index (χ1n) is 10.3. The molecule has 0 bridgehead atoms. The summed E-state index contributed by atoms with van der Waals surface area (Å²) in [5.74, 6) is -0.503. The Morgan fingerprint density at radius 1 is 1.15 bits per heavy atom. The Balaban J connectivity index is 1.65. The number of hydrogen-bond acceptors (Lipinski definition) is 7. The summed E-state index contributed by atoms with van der Waals surface area (Å²) < 4.78 is 53.1. The van der Waals surface area contributed by atoms with Gasteiger partial charge >= 0.3 is 0 Å². The van der Waals surface area contributed by atoms with Crippen LogP contribution < -0.4 is 15.0 Å². The lowest BCUT2D eigenvalue weighted by atomic mass is 9.90. The summed E-state index contributed by atoms with van der Waals surface area (Å²) in [7, 11) is -2.73. The van der Waals surface area contributed by atoms with E-state index in [1.807, 2.05) is 0 Å². The van der Waals surface area contributed by atoms with Crippen LogP contribution in [-0.2, 0) is 21.2 Å². The van der Waals surface area contributed by atoms with E-state index in [-0.39, 0.29) is 29.3 Å². The lowest BCUT2D eigenvalue weighted by Gasteiger charge is -2.35. The fourth-order valence-electron chi connectivity index (χ4n) is 3.93. The number of aromatic nitrogens is 1. The van der Waals surface area contributed by atoms with Crippen LogP contribution in [0.1, 0.15) is 22.7 Å². The third-order valence-corrected chi connectivity index (χ3v) is 7.49. The Bertz CT molecular complexity index is 1310. The number of sulfonamides is 1. The maximum Gasteiger partial charge on any atom is 0.266 e. The van der Waals surface area contributed by atoms with Gasteiger partial charge in [-0.15, -0.1) is 0 Å². The Labute approximate surface area is 195 Å². The molecule has 178 valence electrons. The van der Waals surface area contributed by atoms with Gasteiger partial charge < -0.3 is 9.47 Å². The van der Waals surface area contributed by atoms with Gasteiger partial charge in [-0.05, 0) is 60.9 Å². The number of hydroxylamine groups is 1. The fourth-order valence-corrected chi connectivity index (χ4v) is 5.44. The van der Waals surface area contributed by atoms with Crippen molar-refractivity contribution in [3.05, 3.63) is 77.2 Å². The Hall–Kier alpha value is -3.54. The molecule has 9 nitrogen and oxygen atoms in total. The van der Waals surface area contributed by atoms with Crippen LogP contribution in [0.15, 0.2) is 59.6 Å². The van der Waals surface area contributed by atoms with E-state index in [1.54, 1.807) is 44.4 Å². The van der Waals surface area contributed by atoms with E-state index in [2.05, 4.69) is 4.98 Å². The number of nitrogens with zero attached hydrogens (tertiary/aromatic N) is 2. The van der Waals surface area contributed by atoms with Gasteiger partial charge in [0.2, 0.25) is 15.9 Å². The van der Waals surface area contributed by atoms with Crippen LogP contribution in [0.25, 0.3) is 0 Å². The molecule has 1 aromatic heterocycles. The van der Waals surface area contributed by atoms with Crippen molar-refractivity contribution in [2.24, 2.45) is 0 Å². The van der Waals surface area contributed by atoms with Gasteiger partial charge in [0.05, 0.1) is 13.3 Å². The largest absolute Gasteiger partial charge is 0.497 e. The minimum atomic E-state index is -4.28. The molecule has 0 radical (unpaired) electrons. The smallest absolute Gasteiger partial charge is 0.266 e. The van der Waals surface area contributed by atoms with E-state index >= 15 is 0 Å². The van der Waals surface area contributed by atoms with Gasteiger partial charge in [-0.25, -0.2) is 23.3 Å². The minimum Gasteiger partial charge on any atom is -0.497 e. The Morgan fingerprint density at radius 3 is 2.47 bits per heavy atom. The summed E-state index contributed by atoms with van der Waals surface area (Å²) in [5, 5.41) is 9.26. The molecular weight excluding hydrogens is 465 g/mol. The van der Waals surface area contributed by atoms with Crippen molar-refractivity contribution in [3.63, 3.8) is 0 Å². The quantitative estimate of drug-likeness (QED) is 0.405. The molecule has 3 aromatic rings. The van der Waals surface area contributed by atoms with Gasteiger partial charge in [0.25, 0.3) is 5.91 Å². The van der Waals surface area contributed by atoms with Crippen molar-refractivity contribution in [1.82, 2.24) is 14.8 Å². The number of carbonyl (C=O) groups excluding carboxylic acids is 1. The van der Waals surface area contributed by atoms with Gasteiger partial charge in [0, 0.05) is 18.2 Å². The van der Waals surface area contributed by atoms with Crippen molar-refractivity contribution in [1.29, 1.82) is 0 Å². The van der Waals surface area contributed by atoms with Gasteiger partial charge in [0.15, 0.2) is 0 Å². The molecule has 1 aliphatic rings. The summed E-state index contributed by atoms with van der Waals surface area (Å²) >= 11 is 0. The number of pyridine rings is 1. The molecule has 0 saturated heterocycles. The van der Waals surface area contributed by atoms with Crippen LogP contribution in [-0.4, -0.2) is 42.5 Å². The molecule has 1 atom stereocenters. The molecule has 0 aliphatic carbocycles. The first kappa shape index (κ1) is 23.6. The Kier molecular flexibility index (Phi) is 6.51. The van der Waals surface area contributed by atoms with Crippen LogP contribution in [0.5, 0.6) is 17.4 Å². The zero-order valence-electron chi connectivity index (χ0n) is 18.4. The highest BCUT2D eigenvalue weighted by Gasteiger charge is 2.42. The van der Waals surface area contributed by atoms with Gasteiger partial charge in [-0.3, -0.25) is 10.0 Å². The maximum atomic E-state index is 14.7. The fraction of sp³-hybridized carbons (Fsp3) is 0.217. The summed E-state index contributed by atoms with van der Waals surface area (Å²) in [5.41, 5.74) is 2.66. The molecule has 0 saturated carbocycles. The van der Waals surface area contributed by atoms with E-state index in [9.17, 15) is 22.8 Å². The minimum absolute atomic E-state index is 0.0752. The summed E-state index contributed by atoms with van der Waals surface area (Å²) in [4.78, 5) is 16.4. The van der Waals surface area contributed by atoms with Crippen LogP contribution in [0, 0.1) is 12.7 Å². The summed E-state index contributed by atoms with van der Waals surface area (Å²) in [6, 6.07) is 10.6. The number of methoxy groups -OCH3 is 1. The third-order valence-electron chi connectivity index (χ3n) is 5.64. The van der Waals surface area contributed by atoms with Gasteiger partial charge in [-0.1, -0.05) is 6.07 Å². The number of fused-ring (bicyclic) bond motifs is 1. The topological polar surface area (TPSA) is 118 Å². The first-order chi connectivity index (χ1) is 16.3. The number of aryl methyl sites for hydroxylation is 1. The molecular formula is C23H22FN3O6S. The zero-order valence-corrected chi connectivity index (χ0v) is 19.2. The first-order valence-corrected chi connectivity index (χ1v) is 11.7. The van der Waals surface area contributed by atoms with Crippen molar-refractivity contribution < 1.29 is 32.3 Å². The maximum absolute atomic E-state index is 14.7. The highest BCUT2D eigenvalue weighted by atomic mass is 32.2. The van der Waals surface area contributed by atoms with E-state index in [1.165, 1.54) is 23.7 Å². The molecule has 2 N–H and O–H groups in total. The standard InChI is InChI=1S/C23H22FN3O6S/c1-14-3-9-19(24)21-18(14)11-12-27(22(21)23(28)26-29)34(30,31)17-8-10-20(25-13-17)33-16-6-4-15(32-2)5-7-16/h3-10,13,22,29H,11-12H2,1-2H3,(H,26,28). The second kappa shape index (κ2) is 9.37. The SMILES string of the molecule is COc1ccc(Oc2ccc(S(=O)(=O)N3CCc4c(C)ccc(F)c4C3C(=O)NO)cn2)cc1. The molecule has 2 aromatic carbocycles. The second-order valence-electron chi connectivity index (χ2n) is 7.61. The molecule has 0 fully saturated rings. The number of benzene rings is 2. The van der Waals surface area contributed by atoms with Crippen molar-refractivity contribution >= 4 is 15.9 Å². The highest BCUT2D eigenvalue weighted by molar-refractivity contribution is 7.89. The van der Waals surface area contributed by atoms with Crippen LogP contribution in [0.2, 0.25) is 0 Å². The molecule has 1 amide bonds. The second-order valence-corrected chi connectivity index (χ2v) is 9.50. The van der Waals surface area contributed by atoms with Gasteiger partial charge in [0.1, 0.15) is 28.3 Å². The summed E-state index contributed by atoms with van der Waals surface area (Å²) in [6.07, 6.45) is 1.31. The predicted molar refractivity (Wildman–Crippen MR) is 119 cm³/mol. The third kappa shape index (κ3) is 4.32. The molecule has 2 heterocycles. The Morgan fingerprint density at radius 2 is 1.85 bits per heavy atom. The molecule has 11 heteroatoms. The average Bonchev–Trinajstić information content (AvgIpc) is 2.86. The number of nitrogens with one attached hydrogen (secondary N) is 1. The summed E-state index contributed by atoms with van der Waals surface area (Å²) in [6.45, 7) is 1.67. The van der Waals surface area contributed by atoms with Crippen LogP contribution >= 0.6 is 0 Å². The van der Waals surface area contributed by atoms with E-state index in [0.717, 1.165) is 16.1 Å². The van der Waals surface area contributed by atoms with Crippen molar-refractivity contribution in [2.45, 2.75) is 24.3 Å². The lowest BCUT2D eigenvalue weighted by molar-refractivity contribution is -0.133. The lowest BCUT2D eigenvalue weighted by Crippen LogP contribution is -2.47. The monoisotopic (exact) mass is 487 g/mol. The number of ether oxygens (including phenoxy) is 2. The van der Waals surface area contributed by atoms with Crippen molar-refractivity contribution in [2.75, 3.05) is 13.7 Å². The number of amides is 1. The predicted octanol–water partition coefficient (Wildman–Crippen LogP) is 3.12. The number of rotatable bonds is 6. The molecule has 4 rings (SSSR count). The normalized spacial score (nSPS) is 15.9. The highest BCUT2D eigenvalue weighted by Crippen LogP contribution is 2.37. The molecule has 0 spiro atoms.